The molecule has 0 saturated heterocycles. The Morgan fingerprint density at radius 3 is 2.80 bits per heavy atom. The fourth-order valence-electron chi connectivity index (χ4n) is 1.87. The molecule has 0 fully saturated rings. The molecule has 4 nitrogen and oxygen atoms in total. The van der Waals surface area contributed by atoms with Gasteiger partial charge in [-0.05, 0) is 25.3 Å². The first-order valence-electron chi connectivity index (χ1n) is 7.22. The summed E-state index contributed by atoms with van der Waals surface area (Å²) in [5.74, 6) is 1.24. The van der Waals surface area contributed by atoms with Crippen LogP contribution in [0.2, 0.25) is 5.02 Å². The van der Waals surface area contributed by atoms with Crippen molar-refractivity contribution in [3.05, 3.63) is 22.8 Å². The molecule has 0 atom stereocenters. The van der Waals surface area contributed by atoms with E-state index in [-0.39, 0.29) is 5.91 Å². The lowest BCUT2D eigenvalue weighted by Crippen LogP contribution is -2.25. The molecule has 20 heavy (non-hydrogen) atoms. The van der Waals surface area contributed by atoms with Gasteiger partial charge in [0.05, 0.1) is 10.6 Å². The van der Waals surface area contributed by atoms with Crippen LogP contribution in [-0.4, -0.2) is 24.0 Å². The number of carbonyl (C=O) groups excluding carboxylic acids is 1. The number of aromatic nitrogens is 1. The molecule has 0 bridgehead atoms. The number of hydrogen-bond donors (Lipinski definition) is 2. The molecule has 0 spiro atoms. The van der Waals surface area contributed by atoms with Crippen molar-refractivity contribution in [3.8, 4) is 0 Å². The Bertz CT molecular complexity index is 435. The SMILES string of the molecule is CCNc1cc(C(=O)NCCCCC(C)C)c(Cl)cn1. The zero-order chi connectivity index (χ0) is 15.0. The van der Waals surface area contributed by atoms with Crippen molar-refractivity contribution in [2.24, 2.45) is 5.92 Å². The average molecular weight is 298 g/mol. The van der Waals surface area contributed by atoms with Crippen LogP contribution in [0.25, 0.3) is 0 Å². The van der Waals surface area contributed by atoms with Crippen LogP contribution in [0, 0.1) is 5.92 Å². The number of rotatable bonds is 8. The molecule has 0 radical (unpaired) electrons. The highest BCUT2D eigenvalue weighted by Crippen LogP contribution is 2.17. The van der Waals surface area contributed by atoms with Crippen LogP contribution in [0.5, 0.6) is 0 Å². The summed E-state index contributed by atoms with van der Waals surface area (Å²) in [5.41, 5.74) is 0.474. The molecule has 112 valence electrons. The number of nitrogens with one attached hydrogen (secondary N) is 2. The molecule has 2 N–H and O–H groups in total. The number of anilines is 1. The number of carbonyl (C=O) groups is 1. The lowest BCUT2D eigenvalue weighted by Gasteiger charge is -2.09. The van der Waals surface area contributed by atoms with E-state index in [2.05, 4.69) is 29.5 Å². The first-order valence-corrected chi connectivity index (χ1v) is 7.60. The maximum atomic E-state index is 12.1. The number of nitrogens with zero attached hydrogens (tertiary/aromatic N) is 1. The Morgan fingerprint density at radius 2 is 2.15 bits per heavy atom. The van der Waals surface area contributed by atoms with E-state index in [9.17, 15) is 4.79 Å². The fraction of sp³-hybridized carbons (Fsp3) is 0.600. The largest absolute Gasteiger partial charge is 0.370 e. The summed E-state index contributed by atoms with van der Waals surface area (Å²) in [4.78, 5) is 16.2. The highest BCUT2D eigenvalue weighted by Gasteiger charge is 2.11. The van der Waals surface area contributed by atoms with E-state index in [1.165, 1.54) is 12.6 Å². The van der Waals surface area contributed by atoms with E-state index in [0.717, 1.165) is 19.4 Å². The summed E-state index contributed by atoms with van der Waals surface area (Å²) in [6.45, 7) is 7.82. The van der Waals surface area contributed by atoms with E-state index in [1.807, 2.05) is 6.92 Å². The molecule has 0 aliphatic rings. The van der Waals surface area contributed by atoms with Gasteiger partial charge in [-0.3, -0.25) is 4.79 Å². The lowest BCUT2D eigenvalue weighted by molar-refractivity contribution is 0.0953. The Kier molecular flexibility index (Phi) is 7.37. The molecule has 0 saturated carbocycles. The Morgan fingerprint density at radius 1 is 1.40 bits per heavy atom. The highest BCUT2D eigenvalue weighted by molar-refractivity contribution is 6.33. The number of amides is 1. The molecular formula is C15H24ClN3O. The average Bonchev–Trinajstić information content (AvgIpc) is 2.40. The van der Waals surface area contributed by atoms with Crippen LogP contribution in [0.15, 0.2) is 12.3 Å². The second-order valence-corrected chi connectivity index (χ2v) is 5.63. The molecule has 1 aromatic heterocycles. The van der Waals surface area contributed by atoms with Crippen molar-refractivity contribution < 1.29 is 4.79 Å². The number of pyridine rings is 1. The third kappa shape index (κ3) is 5.78. The third-order valence-electron chi connectivity index (χ3n) is 2.95. The molecule has 1 rings (SSSR count). The Hall–Kier alpha value is -1.29. The summed E-state index contributed by atoms with van der Waals surface area (Å²) < 4.78 is 0. The summed E-state index contributed by atoms with van der Waals surface area (Å²) in [6.07, 6.45) is 4.82. The van der Waals surface area contributed by atoms with Gasteiger partial charge in [-0.15, -0.1) is 0 Å². The zero-order valence-electron chi connectivity index (χ0n) is 12.5. The van der Waals surface area contributed by atoms with Gasteiger partial charge in [0.2, 0.25) is 0 Å². The van der Waals surface area contributed by atoms with Gasteiger partial charge in [0.15, 0.2) is 0 Å². The Balaban J connectivity index is 2.48. The fourth-order valence-corrected chi connectivity index (χ4v) is 2.05. The topological polar surface area (TPSA) is 54.0 Å². The molecule has 0 aromatic carbocycles. The van der Waals surface area contributed by atoms with Crippen molar-refractivity contribution in [2.75, 3.05) is 18.4 Å². The van der Waals surface area contributed by atoms with Crippen molar-refractivity contribution in [2.45, 2.75) is 40.0 Å². The monoisotopic (exact) mass is 297 g/mol. The second-order valence-electron chi connectivity index (χ2n) is 5.23. The van der Waals surface area contributed by atoms with E-state index < -0.39 is 0 Å². The normalized spacial score (nSPS) is 10.7. The van der Waals surface area contributed by atoms with Crippen molar-refractivity contribution >= 4 is 23.3 Å². The summed E-state index contributed by atoms with van der Waals surface area (Å²) in [7, 11) is 0. The summed E-state index contributed by atoms with van der Waals surface area (Å²) in [5, 5.41) is 6.35. The van der Waals surface area contributed by atoms with Crippen molar-refractivity contribution in [1.29, 1.82) is 0 Å². The maximum Gasteiger partial charge on any atom is 0.252 e. The van der Waals surface area contributed by atoms with E-state index in [1.54, 1.807) is 6.07 Å². The summed E-state index contributed by atoms with van der Waals surface area (Å²) >= 11 is 6.02. The van der Waals surface area contributed by atoms with E-state index in [4.69, 9.17) is 11.6 Å². The van der Waals surface area contributed by atoms with Gasteiger partial charge < -0.3 is 10.6 Å². The number of halogens is 1. The quantitative estimate of drug-likeness (QED) is 0.719. The van der Waals surface area contributed by atoms with Crippen LogP contribution in [0.4, 0.5) is 5.82 Å². The molecule has 1 amide bonds. The van der Waals surface area contributed by atoms with Gasteiger partial charge in [-0.1, -0.05) is 38.3 Å². The Labute approximate surface area is 126 Å². The van der Waals surface area contributed by atoms with Gasteiger partial charge in [-0.2, -0.15) is 0 Å². The first kappa shape index (κ1) is 16.8. The van der Waals surface area contributed by atoms with E-state index in [0.29, 0.717) is 28.9 Å². The molecule has 0 unspecified atom stereocenters. The minimum Gasteiger partial charge on any atom is -0.370 e. The first-order chi connectivity index (χ1) is 9.54. The van der Waals surface area contributed by atoms with Gasteiger partial charge in [-0.25, -0.2) is 4.98 Å². The van der Waals surface area contributed by atoms with Crippen LogP contribution in [0.1, 0.15) is 50.4 Å². The molecule has 0 aliphatic carbocycles. The van der Waals surface area contributed by atoms with Crippen molar-refractivity contribution in [3.63, 3.8) is 0 Å². The van der Waals surface area contributed by atoms with Crippen molar-refractivity contribution in [1.82, 2.24) is 10.3 Å². The van der Waals surface area contributed by atoms with Gasteiger partial charge in [0.1, 0.15) is 5.82 Å². The molecule has 5 heteroatoms. The van der Waals surface area contributed by atoms with Crippen LogP contribution >= 0.6 is 11.6 Å². The van der Waals surface area contributed by atoms with Gasteiger partial charge in [0, 0.05) is 19.3 Å². The van der Waals surface area contributed by atoms with Crippen LogP contribution in [0.3, 0.4) is 0 Å². The molecule has 1 heterocycles. The van der Waals surface area contributed by atoms with Crippen LogP contribution < -0.4 is 10.6 Å². The molecule has 1 aromatic rings. The minimum absolute atomic E-state index is 0.138. The third-order valence-corrected chi connectivity index (χ3v) is 3.25. The van der Waals surface area contributed by atoms with Gasteiger partial charge in [0.25, 0.3) is 5.91 Å². The van der Waals surface area contributed by atoms with Crippen LogP contribution in [-0.2, 0) is 0 Å². The minimum atomic E-state index is -0.138. The highest BCUT2D eigenvalue weighted by atomic mass is 35.5. The standard InChI is InChI=1S/C15H24ClN3O/c1-4-17-14-9-12(13(16)10-19-14)15(20)18-8-6-5-7-11(2)3/h9-11H,4-8H2,1-3H3,(H,17,19)(H,18,20). The maximum absolute atomic E-state index is 12.1. The molecular weight excluding hydrogens is 274 g/mol. The smallest absolute Gasteiger partial charge is 0.252 e. The molecule has 0 aliphatic heterocycles. The number of unbranched alkanes of at least 4 members (excludes halogenated alkanes) is 1. The zero-order valence-corrected chi connectivity index (χ0v) is 13.3. The number of hydrogen-bond acceptors (Lipinski definition) is 3. The van der Waals surface area contributed by atoms with Gasteiger partial charge >= 0.3 is 0 Å². The predicted octanol–water partition coefficient (Wildman–Crippen LogP) is 3.72. The predicted molar refractivity (Wildman–Crippen MR) is 84.4 cm³/mol. The second kappa shape index (κ2) is 8.80. The lowest BCUT2D eigenvalue weighted by atomic mass is 10.1. The van der Waals surface area contributed by atoms with E-state index >= 15 is 0 Å². The summed E-state index contributed by atoms with van der Waals surface area (Å²) in [6, 6.07) is 1.69.